The van der Waals surface area contributed by atoms with Crippen LogP contribution >= 0.6 is 0 Å². The molecule has 2 heterocycles. The normalized spacial score (nSPS) is 17.2. The Morgan fingerprint density at radius 2 is 1.51 bits per heavy atom. The van der Waals surface area contributed by atoms with E-state index in [0.29, 0.717) is 48.4 Å². The van der Waals surface area contributed by atoms with Crippen LogP contribution < -0.4 is 20.3 Å². The van der Waals surface area contributed by atoms with Gasteiger partial charge in [-0.25, -0.2) is 19.5 Å². The molecular formula is C38H60N6O6Si. The zero-order chi connectivity index (χ0) is 37.8. The van der Waals surface area contributed by atoms with Gasteiger partial charge < -0.3 is 29.3 Å². The van der Waals surface area contributed by atoms with Gasteiger partial charge in [-0.2, -0.15) is 9.61 Å². The van der Waals surface area contributed by atoms with Crippen molar-refractivity contribution < 1.29 is 28.2 Å². The van der Waals surface area contributed by atoms with Crippen LogP contribution in [-0.2, 0) is 20.3 Å². The number of hydrogen-bond donors (Lipinski definition) is 2. The Hall–Kier alpha value is -3.84. The van der Waals surface area contributed by atoms with Crippen LogP contribution in [0.5, 0.6) is 5.75 Å². The molecule has 0 saturated heterocycles. The topological polar surface area (TPSA) is 129 Å². The van der Waals surface area contributed by atoms with Gasteiger partial charge in [-0.05, 0) is 117 Å². The lowest BCUT2D eigenvalue weighted by atomic mass is 9.91. The van der Waals surface area contributed by atoms with Gasteiger partial charge in [0, 0.05) is 36.7 Å². The highest BCUT2D eigenvalue weighted by molar-refractivity contribution is 6.74. The van der Waals surface area contributed by atoms with Crippen molar-refractivity contribution in [3.63, 3.8) is 0 Å². The van der Waals surface area contributed by atoms with E-state index in [1.807, 2.05) is 78.8 Å². The summed E-state index contributed by atoms with van der Waals surface area (Å²) < 4.78 is 25.6. The molecule has 0 radical (unpaired) electrons. The first-order valence-corrected chi connectivity index (χ1v) is 21.1. The number of ether oxygens (including phenoxy) is 3. The zero-order valence-corrected chi connectivity index (χ0v) is 33.8. The number of fused-ring (bicyclic) bond motifs is 1. The Balaban J connectivity index is 1.77. The predicted molar refractivity (Wildman–Crippen MR) is 205 cm³/mol. The molecule has 3 aromatic rings. The van der Waals surface area contributed by atoms with E-state index in [2.05, 4.69) is 49.6 Å². The third kappa shape index (κ3) is 10.8. The molecule has 2 N–H and O–H groups in total. The highest BCUT2D eigenvalue weighted by Crippen LogP contribution is 2.39. The summed E-state index contributed by atoms with van der Waals surface area (Å²) in [5.41, 5.74) is 0.666. The number of benzene rings is 1. The molecule has 2 amide bonds. The largest absolute Gasteiger partial charge is 0.494 e. The van der Waals surface area contributed by atoms with E-state index in [0.717, 1.165) is 31.2 Å². The summed E-state index contributed by atoms with van der Waals surface area (Å²) in [6, 6.07) is 9.35. The molecule has 1 aromatic carbocycles. The lowest BCUT2D eigenvalue weighted by Crippen LogP contribution is -2.42. The van der Waals surface area contributed by atoms with E-state index >= 15 is 0 Å². The van der Waals surface area contributed by atoms with E-state index in [9.17, 15) is 9.59 Å². The van der Waals surface area contributed by atoms with Crippen molar-refractivity contribution in [3.8, 4) is 5.75 Å². The first-order valence-electron chi connectivity index (χ1n) is 18.2. The van der Waals surface area contributed by atoms with Crippen molar-refractivity contribution in [2.45, 2.75) is 143 Å². The van der Waals surface area contributed by atoms with Crippen molar-refractivity contribution in [1.82, 2.24) is 19.9 Å². The summed E-state index contributed by atoms with van der Waals surface area (Å²) in [5, 5.41) is 11.5. The molecule has 0 atom stereocenters. The SMILES string of the molecule is CCOc1ccc(N(C(=O)OC(C)(C)C)c2c(CCO[Si](C)(C)C(C)(C)C)c(N[C@H]3CC[C@H](NC(=O)OC(C)(C)C)CC3)nc3ccnn23)cc1. The smallest absolute Gasteiger partial charge is 0.420 e. The Morgan fingerprint density at radius 3 is 2.08 bits per heavy atom. The molecule has 0 unspecified atom stereocenters. The zero-order valence-electron chi connectivity index (χ0n) is 32.8. The number of nitrogens with one attached hydrogen (secondary N) is 2. The average molecular weight is 725 g/mol. The monoisotopic (exact) mass is 724 g/mol. The first-order chi connectivity index (χ1) is 23.7. The minimum Gasteiger partial charge on any atom is -0.494 e. The fourth-order valence-corrected chi connectivity index (χ4v) is 6.74. The highest BCUT2D eigenvalue weighted by atomic mass is 28.4. The second-order valence-electron chi connectivity index (χ2n) is 16.8. The molecule has 13 heteroatoms. The Morgan fingerprint density at radius 1 is 0.902 bits per heavy atom. The van der Waals surface area contributed by atoms with Crippen molar-refractivity contribution in [2.75, 3.05) is 23.4 Å². The van der Waals surface area contributed by atoms with Crippen LogP contribution in [0.4, 0.5) is 26.9 Å². The van der Waals surface area contributed by atoms with Gasteiger partial charge in [0.2, 0.25) is 0 Å². The standard InChI is InChI=1S/C38H60N6O6Si/c1-13-47-29-20-18-28(19-21-29)43(35(46)50-37(5,6)7)33-30(23-25-48-51(11,12)38(8,9)10)32(42-31-22-24-39-44(31)33)40-26-14-16-27(17-15-26)41-34(45)49-36(2,3)4/h18-22,24,26-27H,13-17,23,25H2,1-12H3,(H,40,42)(H,41,45)/t26-,27-. The van der Waals surface area contributed by atoms with Gasteiger partial charge in [-0.15, -0.1) is 0 Å². The maximum Gasteiger partial charge on any atom is 0.420 e. The van der Waals surface area contributed by atoms with E-state index < -0.39 is 31.7 Å². The number of nitrogens with zero attached hydrogens (tertiary/aromatic N) is 4. The summed E-state index contributed by atoms with van der Waals surface area (Å²) in [4.78, 5) is 33.4. The van der Waals surface area contributed by atoms with Crippen molar-refractivity contribution in [1.29, 1.82) is 0 Å². The van der Waals surface area contributed by atoms with Crippen LogP contribution in [0.25, 0.3) is 5.65 Å². The number of anilines is 3. The molecule has 51 heavy (non-hydrogen) atoms. The lowest BCUT2D eigenvalue weighted by Gasteiger charge is -2.36. The molecule has 1 aliphatic rings. The van der Waals surface area contributed by atoms with Gasteiger partial charge >= 0.3 is 12.2 Å². The second kappa shape index (κ2) is 15.8. The molecule has 0 bridgehead atoms. The van der Waals surface area contributed by atoms with Crippen LogP contribution in [0, 0.1) is 0 Å². The molecule has 282 valence electrons. The molecule has 0 aliphatic heterocycles. The van der Waals surface area contributed by atoms with Crippen LogP contribution in [0.3, 0.4) is 0 Å². The third-order valence-corrected chi connectivity index (χ3v) is 13.7. The molecule has 1 aliphatic carbocycles. The molecular weight excluding hydrogens is 665 g/mol. The van der Waals surface area contributed by atoms with Crippen molar-refractivity contribution in [3.05, 3.63) is 42.1 Å². The molecule has 1 saturated carbocycles. The fourth-order valence-electron chi connectivity index (χ4n) is 5.69. The number of rotatable bonds is 11. The first kappa shape index (κ1) is 39.9. The lowest BCUT2D eigenvalue weighted by molar-refractivity contribution is 0.0490. The Kier molecular flexibility index (Phi) is 12.4. The number of hydrogen-bond acceptors (Lipinski definition) is 9. The van der Waals surface area contributed by atoms with Crippen LogP contribution in [0.15, 0.2) is 36.5 Å². The molecule has 12 nitrogen and oxygen atoms in total. The van der Waals surface area contributed by atoms with E-state index in [4.69, 9.17) is 23.6 Å². The second-order valence-corrected chi connectivity index (χ2v) is 21.6. The van der Waals surface area contributed by atoms with Gasteiger partial charge in [0.1, 0.15) is 22.8 Å². The summed E-state index contributed by atoms with van der Waals surface area (Å²) in [6.45, 7) is 25.2. The van der Waals surface area contributed by atoms with E-state index in [-0.39, 0.29) is 17.1 Å². The predicted octanol–water partition coefficient (Wildman–Crippen LogP) is 9.01. The number of carbonyl (C=O) groups excluding carboxylic acids is 2. The van der Waals surface area contributed by atoms with Crippen LogP contribution in [0.2, 0.25) is 18.1 Å². The van der Waals surface area contributed by atoms with Gasteiger partial charge in [-0.1, -0.05) is 20.8 Å². The van der Waals surface area contributed by atoms with E-state index in [1.54, 1.807) is 15.6 Å². The molecule has 4 rings (SSSR count). The Labute approximate surface area is 305 Å². The molecule has 0 spiro atoms. The number of carbonyl (C=O) groups is 2. The van der Waals surface area contributed by atoms with Crippen molar-refractivity contribution in [2.24, 2.45) is 0 Å². The highest BCUT2D eigenvalue weighted by Gasteiger charge is 2.38. The van der Waals surface area contributed by atoms with Gasteiger partial charge in [0.05, 0.1) is 18.5 Å². The van der Waals surface area contributed by atoms with Crippen LogP contribution in [0.1, 0.15) is 100 Å². The number of alkyl carbamates (subject to hydrolysis) is 1. The van der Waals surface area contributed by atoms with Gasteiger partial charge in [-0.3, -0.25) is 0 Å². The maximum atomic E-state index is 14.3. The maximum absolute atomic E-state index is 14.3. The minimum atomic E-state index is -2.10. The average Bonchev–Trinajstić information content (AvgIpc) is 3.46. The quantitative estimate of drug-likeness (QED) is 0.186. The summed E-state index contributed by atoms with van der Waals surface area (Å²) in [6.07, 6.45) is 4.44. The minimum absolute atomic E-state index is 0.0257. The fraction of sp³-hybridized carbons (Fsp3) is 0.632. The van der Waals surface area contributed by atoms with E-state index in [1.165, 1.54) is 0 Å². The summed E-state index contributed by atoms with van der Waals surface area (Å²) >= 11 is 0. The molecule has 1 fully saturated rings. The van der Waals surface area contributed by atoms with Gasteiger partial charge in [0.15, 0.2) is 19.8 Å². The number of amides is 2. The van der Waals surface area contributed by atoms with Crippen LogP contribution in [-0.4, -0.2) is 71.6 Å². The van der Waals surface area contributed by atoms with Crippen molar-refractivity contribution >= 4 is 43.5 Å². The summed E-state index contributed by atoms with van der Waals surface area (Å²) in [5.74, 6) is 1.90. The summed E-state index contributed by atoms with van der Waals surface area (Å²) in [7, 11) is -2.10. The Bertz CT molecular complexity index is 1630. The third-order valence-electron chi connectivity index (χ3n) is 9.21. The molecule has 2 aromatic heterocycles. The number of aromatic nitrogens is 3. The van der Waals surface area contributed by atoms with Gasteiger partial charge in [0.25, 0.3) is 0 Å².